The smallest absolute Gasteiger partial charge is 0.211 e. The van der Waals surface area contributed by atoms with Crippen molar-refractivity contribution in [2.45, 2.75) is 59.2 Å². The van der Waals surface area contributed by atoms with E-state index in [0.29, 0.717) is 12.1 Å². The standard InChI is InChI=1S/C15H27N3O/c1-10(2)6-14-9-18(11(3)7-16-14)13(5)15-17-8-12(4)19-15/h8,10-11,13-14,16H,6-7,9H2,1-5H3. The number of rotatable bonds is 4. The second-order valence-electron chi connectivity index (χ2n) is 6.27. The molecule has 4 nitrogen and oxygen atoms in total. The van der Waals surface area contributed by atoms with Gasteiger partial charge in [-0.1, -0.05) is 13.8 Å². The van der Waals surface area contributed by atoms with Crippen molar-refractivity contribution in [2.24, 2.45) is 5.92 Å². The Balaban J connectivity index is 2.04. The summed E-state index contributed by atoms with van der Waals surface area (Å²) in [6.45, 7) is 13.1. The minimum absolute atomic E-state index is 0.250. The SMILES string of the molecule is Cc1cnc(C(C)N2CC(CC(C)C)NCC2C)o1. The van der Waals surface area contributed by atoms with Crippen LogP contribution in [0.3, 0.4) is 0 Å². The van der Waals surface area contributed by atoms with Gasteiger partial charge in [-0.2, -0.15) is 0 Å². The molecule has 1 aliphatic rings. The molecule has 1 aromatic heterocycles. The number of nitrogens with one attached hydrogen (secondary N) is 1. The van der Waals surface area contributed by atoms with Crippen molar-refractivity contribution >= 4 is 0 Å². The van der Waals surface area contributed by atoms with Gasteiger partial charge in [-0.05, 0) is 33.1 Å². The summed E-state index contributed by atoms with van der Waals surface area (Å²) in [5, 5.41) is 3.65. The number of piperazine rings is 1. The molecule has 3 unspecified atom stereocenters. The van der Waals surface area contributed by atoms with E-state index >= 15 is 0 Å². The molecule has 1 aromatic rings. The van der Waals surface area contributed by atoms with E-state index < -0.39 is 0 Å². The lowest BCUT2D eigenvalue weighted by Crippen LogP contribution is -2.56. The molecule has 0 spiro atoms. The van der Waals surface area contributed by atoms with Gasteiger partial charge in [0.15, 0.2) is 0 Å². The van der Waals surface area contributed by atoms with Crippen LogP contribution in [-0.4, -0.2) is 35.1 Å². The van der Waals surface area contributed by atoms with Crippen molar-refractivity contribution in [3.05, 3.63) is 17.8 Å². The second-order valence-corrected chi connectivity index (χ2v) is 6.27. The Morgan fingerprint density at radius 3 is 2.79 bits per heavy atom. The van der Waals surface area contributed by atoms with E-state index in [0.717, 1.165) is 30.7 Å². The van der Waals surface area contributed by atoms with Gasteiger partial charge >= 0.3 is 0 Å². The topological polar surface area (TPSA) is 41.3 Å². The number of oxazole rings is 1. The molecule has 2 rings (SSSR count). The molecule has 1 saturated heterocycles. The maximum absolute atomic E-state index is 5.69. The molecule has 4 heteroatoms. The summed E-state index contributed by atoms with van der Waals surface area (Å²) in [4.78, 5) is 6.89. The molecule has 0 bridgehead atoms. The third-order valence-electron chi connectivity index (χ3n) is 3.95. The minimum Gasteiger partial charge on any atom is -0.444 e. The molecule has 0 aromatic carbocycles. The van der Waals surface area contributed by atoms with Crippen LogP contribution in [0.15, 0.2) is 10.6 Å². The van der Waals surface area contributed by atoms with E-state index in [4.69, 9.17) is 4.42 Å². The van der Waals surface area contributed by atoms with E-state index in [-0.39, 0.29) is 6.04 Å². The van der Waals surface area contributed by atoms with Gasteiger partial charge < -0.3 is 9.73 Å². The van der Waals surface area contributed by atoms with Gasteiger partial charge in [0.25, 0.3) is 0 Å². The summed E-state index contributed by atoms with van der Waals surface area (Å²) in [7, 11) is 0. The van der Waals surface area contributed by atoms with Crippen LogP contribution in [0, 0.1) is 12.8 Å². The first kappa shape index (κ1) is 14.5. The highest BCUT2D eigenvalue weighted by atomic mass is 16.4. The highest BCUT2D eigenvalue weighted by Crippen LogP contribution is 2.25. The summed E-state index contributed by atoms with van der Waals surface area (Å²) in [6, 6.07) is 1.35. The van der Waals surface area contributed by atoms with Crippen LogP contribution < -0.4 is 5.32 Å². The molecule has 0 radical (unpaired) electrons. The Kier molecular flexibility index (Phi) is 4.63. The number of hydrogen-bond donors (Lipinski definition) is 1. The second kappa shape index (κ2) is 6.06. The van der Waals surface area contributed by atoms with Gasteiger partial charge in [-0.25, -0.2) is 4.98 Å². The Morgan fingerprint density at radius 1 is 1.47 bits per heavy atom. The lowest BCUT2D eigenvalue weighted by Gasteiger charge is -2.41. The van der Waals surface area contributed by atoms with Gasteiger partial charge in [0.2, 0.25) is 5.89 Å². The highest BCUT2D eigenvalue weighted by molar-refractivity contribution is 4.98. The number of hydrogen-bond acceptors (Lipinski definition) is 4. The van der Waals surface area contributed by atoms with Gasteiger partial charge in [-0.3, -0.25) is 4.90 Å². The van der Waals surface area contributed by atoms with E-state index in [1.807, 2.05) is 13.1 Å². The quantitative estimate of drug-likeness (QED) is 0.909. The van der Waals surface area contributed by atoms with Crippen molar-refractivity contribution in [1.29, 1.82) is 0 Å². The normalized spacial score (nSPS) is 26.8. The lowest BCUT2D eigenvalue weighted by atomic mass is 9.99. The fourth-order valence-electron chi connectivity index (χ4n) is 2.93. The fourth-order valence-corrected chi connectivity index (χ4v) is 2.93. The van der Waals surface area contributed by atoms with Crippen molar-refractivity contribution in [3.8, 4) is 0 Å². The number of aromatic nitrogens is 1. The highest BCUT2D eigenvalue weighted by Gasteiger charge is 2.31. The van der Waals surface area contributed by atoms with Gasteiger partial charge in [0.1, 0.15) is 5.76 Å². The van der Waals surface area contributed by atoms with Crippen molar-refractivity contribution < 1.29 is 4.42 Å². The molecule has 1 fully saturated rings. The minimum atomic E-state index is 0.250. The molecular weight excluding hydrogens is 238 g/mol. The van der Waals surface area contributed by atoms with Crippen LogP contribution in [0.5, 0.6) is 0 Å². The van der Waals surface area contributed by atoms with Crippen LogP contribution in [0.1, 0.15) is 51.8 Å². The third-order valence-corrected chi connectivity index (χ3v) is 3.95. The molecule has 1 aliphatic heterocycles. The average Bonchev–Trinajstić information content (AvgIpc) is 2.77. The maximum atomic E-state index is 5.69. The van der Waals surface area contributed by atoms with Gasteiger partial charge in [0.05, 0.1) is 12.2 Å². The molecule has 1 N–H and O–H groups in total. The van der Waals surface area contributed by atoms with Crippen molar-refractivity contribution in [2.75, 3.05) is 13.1 Å². The van der Waals surface area contributed by atoms with Crippen LogP contribution in [0.2, 0.25) is 0 Å². The van der Waals surface area contributed by atoms with E-state index in [9.17, 15) is 0 Å². The van der Waals surface area contributed by atoms with E-state index in [1.54, 1.807) is 0 Å². The molecule has 3 atom stereocenters. The molecule has 19 heavy (non-hydrogen) atoms. The van der Waals surface area contributed by atoms with Crippen LogP contribution >= 0.6 is 0 Å². The molecule has 0 saturated carbocycles. The summed E-state index contributed by atoms with van der Waals surface area (Å²) in [5.74, 6) is 2.46. The molecule has 0 amide bonds. The first-order chi connectivity index (χ1) is 8.97. The van der Waals surface area contributed by atoms with E-state index in [1.165, 1.54) is 6.42 Å². The molecule has 108 valence electrons. The molecule has 2 heterocycles. The summed E-state index contributed by atoms with van der Waals surface area (Å²) >= 11 is 0. The number of nitrogens with zero attached hydrogens (tertiary/aromatic N) is 2. The third kappa shape index (κ3) is 3.57. The zero-order valence-corrected chi connectivity index (χ0v) is 12.8. The molecular formula is C15H27N3O. The molecule has 0 aliphatic carbocycles. The average molecular weight is 265 g/mol. The van der Waals surface area contributed by atoms with Crippen LogP contribution in [0.25, 0.3) is 0 Å². The Hall–Kier alpha value is -0.870. The predicted octanol–water partition coefficient (Wildman–Crippen LogP) is 2.75. The Labute approximate surface area is 116 Å². The Morgan fingerprint density at radius 2 is 2.21 bits per heavy atom. The van der Waals surface area contributed by atoms with Crippen LogP contribution in [-0.2, 0) is 0 Å². The van der Waals surface area contributed by atoms with E-state index in [2.05, 4.69) is 42.9 Å². The lowest BCUT2D eigenvalue weighted by molar-refractivity contribution is 0.0790. The van der Waals surface area contributed by atoms with Gasteiger partial charge in [-0.15, -0.1) is 0 Å². The fraction of sp³-hybridized carbons (Fsp3) is 0.800. The summed E-state index contributed by atoms with van der Waals surface area (Å²) < 4.78 is 5.69. The van der Waals surface area contributed by atoms with Crippen molar-refractivity contribution in [1.82, 2.24) is 15.2 Å². The first-order valence-corrected chi connectivity index (χ1v) is 7.38. The van der Waals surface area contributed by atoms with Crippen molar-refractivity contribution in [3.63, 3.8) is 0 Å². The zero-order chi connectivity index (χ0) is 14.0. The summed E-state index contributed by atoms with van der Waals surface area (Å²) in [6.07, 6.45) is 3.03. The maximum Gasteiger partial charge on any atom is 0.211 e. The summed E-state index contributed by atoms with van der Waals surface area (Å²) in [5.41, 5.74) is 0. The largest absolute Gasteiger partial charge is 0.444 e. The predicted molar refractivity (Wildman–Crippen MR) is 77.1 cm³/mol. The zero-order valence-electron chi connectivity index (χ0n) is 12.8. The first-order valence-electron chi connectivity index (χ1n) is 7.38. The Bertz CT molecular complexity index is 402. The van der Waals surface area contributed by atoms with Crippen LogP contribution in [0.4, 0.5) is 0 Å². The van der Waals surface area contributed by atoms with Gasteiger partial charge in [0, 0.05) is 25.2 Å². The number of aryl methyl sites for hydroxylation is 1. The monoisotopic (exact) mass is 265 g/mol.